The third-order valence-corrected chi connectivity index (χ3v) is 2.72. The van der Waals surface area contributed by atoms with Gasteiger partial charge in [0.15, 0.2) is 0 Å². The second-order valence-corrected chi connectivity index (χ2v) is 3.85. The number of benzene rings is 2. The van der Waals surface area contributed by atoms with E-state index in [1.54, 1.807) is 0 Å². The maximum absolute atomic E-state index is 5.98. The summed E-state index contributed by atoms with van der Waals surface area (Å²) in [5, 5.41) is 0. The number of hydrogen-bond donors (Lipinski definition) is 0. The van der Waals surface area contributed by atoms with E-state index in [9.17, 15) is 0 Å². The minimum atomic E-state index is 0.527. The summed E-state index contributed by atoms with van der Waals surface area (Å²) in [6.45, 7) is 0. The van der Waals surface area contributed by atoms with Gasteiger partial charge in [-0.1, -0.05) is 60.7 Å². The van der Waals surface area contributed by atoms with Crippen LogP contribution in [-0.4, -0.2) is 5.88 Å². The van der Waals surface area contributed by atoms with Crippen molar-refractivity contribution in [2.24, 2.45) is 0 Å². The SMILES string of the molecule is ClCC(=Cc1ccccc1)c1ccccc1. The first-order valence-electron chi connectivity index (χ1n) is 5.27. The number of halogens is 1. The monoisotopic (exact) mass is 228 g/mol. The summed E-state index contributed by atoms with van der Waals surface area (Å²) < 4.78 is 0. The first kappa shape index (κ1) is 11.0. The summed E-state index contributed by atoms with van der Waals surface area (Å²) in [5.74, 6) is 0.527. The molecule has 2 rings (SSSR count). The summed E-state index contributed by atoms with van der Waals surface area (Å²) in [7, 11) is 0. The molecule has 0 amide bonds. The van der Waals surface area contributed by atoms with Crippen molar-refractivity contribution in [3.8, 4) is 0 Å². The molecule has 0 saturated carbocycles. The Hall–Kier alpha value is -1.53. The van der Waals surface area contributed by atoms with Gasteiger partial charge in [0.25, 0.3) is 0 Å². The zero-order chi connectivity index (χ0) is 11.2. The van der Waals surface area contributed by atoms with Gasteiger partial charge in [-0.05, 0) is 22.8 Å². The van der Waals surface area contributed by atoms with Gasteiger partial charge >= 0.3 is 0 Å². The minimum Gasteiger partial charge on any atom is -0.122 e. The van der Waals surface area contributed by atoms with E-state index in [2.05, 4.69) is 30.3 Å². The Bertz CT molecular complexity index is 457. The van der Waals surface area contributed by atoms with Gasteiger partial charge in [0.05, 0.1) is 0 Å². The van der Waals surface area contributed by atoms with Gasteiger partial charge in [-0.2, -0.15) is 0 Å². The largest absolute Gasteiger partial charge is 0.122 e. The van der Waals surface area contributed by atoms with E-state index in [0.29, 0.717) is 5.88 Å². The van der Waals surface area contributed by atoms with Crippen molar-refractivity contribution in [3.05, 3.63) is 71.8 Å². The predicted octanol–water partition coefficient (Wildman–Crippen LogP) is 4.47. The molecule has 2 aromatic rings. The molecule has 0 bridgehead atoms. The highest BCUT2D eigenvalue weighted by Gasteiger charge is 1.99. The molecule has 0 saturated heterocycles. The molecule has 2 aromatic carbocycles. The Morgan fingerprint density at radius 2 is 1.44 bits per heavy atom. The van der Waals surface area contributed by atoms with E-state index in [-0.39, 0.29) is 0 Å². The van der Waals surface area contributed by atoms with Crippen LogP contribution in [0.2, 0.25) is 0 Å². The van der Waals surface area contributed by atoms with E-state index in [4.69, 9.17) is 11.6 Å². The van der Waals surface area contributed by atoms with Gasteiger partial charge in [0.1, 0.15) is 0 Å². The molecule has 0 atom stereocenters. The van der Waals surface area contributed by atoms with Crippen molar-refractivity contribution in [1.29, 1.82) is 0 Å². The Morgan fingerprint density at radius 3 is 2.00 bits per heavy atom. The summed E-state index contributed by atoms with van der Waals surface area (Å²) >= 11 is 5.98. The Balaban J connectivity index is 2.34. The third-order valence-electron chi connectivity index (χ3n) is 2.43. The molecule has 80 valence electrons. The van der Waals surface area contributed by atoms with Gasteiger partial charge in [-0.25, -0.2) is 0 Å². The second kappa shape index (κ2) is 5.53. The smallest absolute Gasteiger partial charge is 0.0480 e. The molecule has 16 heavy (non-hydrogen) atoms. The summed E-state index contributed by atoms with van der Waals surface area (Å²) in [5.41, 5.74) is 3.51. The third kappa shape index (κ3) is 2.74. The van der Waals surface area contributed by atoms with Crippen LogP contribution >= 0.6 is 11.6 Å². The summed E-state index contributed by atoms with van der Waals surface area (Å²) in [6.07, 6.45) is 2.13. The number of allylic oxidation sites excluding steroid dienone is 1. The fraction of sp³-hybridized carbons (Fsp3) is 0.0667. The lowest BCUT2D eigenvalue weighted by molar-refractivity contribution is 1.57. The van der Waals surface area contributed by atoms with E-state index < -0.39 is 0 Å². The van der Waals surface area contributed by atoms with Crippen LogP contribution in [0.15, 0.2) is 60.7 Å². The lowest BCUT2D eigenvalue weighted by Gasteiger charge is -2.03. The second-order valence-electron chi connectivity index (χ2n) is 3.58. The first-order valence-corrected chi connectivity index (χ1v) is 5.80. The van der Waals surface area contributed by atoms with Crippen molar-refractivity contribution in [3.63, 3.8) is 0 Å². The average Bonchev–Trinajstić information content (AvgIpc) is 2.38. The van der Waals surface area contributed by atoms with Gasteiger partial charge in [-0.15, -0.1) is 11.6 Å². The van der Waals surface area contributed by atoms with E-state index in [1.807, 2.05) is 36.4 Å². The van der Waals surface area contributed by atoms with E-state index in [1.165, 1.54) is 11.1 Å². The predicted molar refractivity (Wildman–Crippen MR) is 71.5 cm³/mol. The van der Waals surface area contributed by atoms with Gasteiger partial charge < -0.3 is 0 Å². The normalized spacial score (nSPS) is 11.4. The molecule has 0 fully saturated rings. The summed E-state index contributed by atoms with van der Waals surface area (Å²) in [4.78, 5) is 0. The molecule has 0 unspecified atom stereocenters. The van der Waals surface area contributed by atoms with Crippen LogP contribution in [0.3, 0.4) is 0 Å². The van der Waals surface area contributed by atoms with Crippen LogP contribution in [-0.2, 0) is 0 Å². The molecule has 0 nitrogen and oxygen atoms in total. The zero-order valence-corrected chi connectivity index (χ0v) is 9.69. The molecular weight excluding hydrogens is 216 g/mol. The summed E-state index contributed by atoms with van der Waals surface area (Å²) in [6, 6.07) is 20.5. The molecular formula is C15H13Cl. The van der Waals surface area contributed by atoms with Crippen molar-refractivity contribution in [1.82, 2.24) is 0 Å². The lowest BCUT2D eigenvalue weighted by atomic mass is 10.0. The van der Waals surface area contributed by atoms with Crippen molar-refractivity contribution in [2.75, 3.05) is 5.88 Å². The zero-order valence-electron chi connectivity index (χ0n) is 8.94. The Morgan fingerprint density at radius 1 is 0.875 bits per heavy atom. The molecule has 1 heteroatoms. The molecule has 0 spiro atoms. The number of hydrogen-bond acceptors (Lipinski definition) is 0. The highest BCUT2D eigenvalue weighted by atomic mass is 35.5. The molecule has 0 N–H and O–H groups in total. The lowest BCUT2D eigenvalue weighted by Crippen LogP contribution is -1.85. The average molecular weight is 229 g/mol. The van der Waals surface area contributed by atoms with E-state index >= 15 is 0 Å². The number of rotatable bonds is 3. The molecule has 0 aliphatic carbocycles. The van der Waals surface area contributed by atoms with Crippen LogP contribution in [0.4, 0.5) is 0 Å². The quantitative estimate of drug-likeness (QED) is 0.537. The minimum absolute atomic E-state index is 0.527. The molecule has 0 aromatic heterocycles. The van der Waals surface area contributed by atoms with Gasteiger partial charge in [0.2, 0.25) is 0 Å². The van der Waals surface area contributed by atoms with Crippen LogP contribution in [0.1, 0.15) is 11.1 Å². The van der Waals surface area contributed by atoms with Crippen LogP contribution in [0.5, 0.6) is 0 Å². The fourth-order valence-corrected chi connectivity index (χ4v) is 1.83. The Labute approximate surface area is 101 Å². The van der Waals surface area contributed by atoms with Gasteiger partial charge in [0, 0.05) is 5.88 Å². The van der Waals surface area contributed by atoms with Gasteiger partial charge in [-0.3, -0.25) is 0 Å². The molecule has 0 heterocycles. The van der Waals surface area contributed by atoms with Crippen molar-refractivity contribution < 1.29 is 0 Å². The maximum Gasteiger partial charge on any atom is 0.0480 e. The molecule has 0 aliphatic rings. The van der Waals surface area contributed by atoms with E-state index in [0.717, 1.165) is 5.57 Å². The highest BCUT2D eigenvalue weighted by molar-refractivity contribution is 6.24. The standard InChI is InChI=1S/C15H13Cl/c16-12-15(14-9-5-2-6-10-14)11-13-7-3-1-4-8-13/h1-11H,12H2. The maximum atomic E-state index is 5.98. The fourth-order valence-electron chi connectivity index (χ4n) is 1.60. The topological polar surface area (TPSA) is 0 Å². The number of alkyl halides is 1. The van der Waals surface area contributed by atoms with Crippen LogP contribution in [0.25, 0.3) is 11.6 Å². The first-order chi connectivity index (χ1) is 7.90. The van der Waals surface area contributed by atoms with Crippen LogP contribution in [0, 0.1) is 0 Å². The Kier molecular flexibility index (Phi) is 3.79. The van der Waals surface area contributed by atoms with Crippen LogP contribution < -0.4 is 0 Å². The highest BCUT2D eigenvalue weighted by Crippen LogP contribution is 2.19. The van der Waals surface area contributed by atoms with Crippen molar-refractivity contribution >= 4 is 23.3 Å². The molecule has 0 radical (unpaired) electrons. The van der Waals surface area contributed by atoms with Crippen molar-refractivity contribution in [2.45, 2.75) is 0 Å². The molecule has 0 aliphatic heterocycles.